The minimum Gasteiger partial charge on any atom is -0.274 e. The predicted molar refractivity (Wildman–Crippen MR) is 50.2 cm³/mol. The zero-order chi connectivity index (χ0) is 10.8. The van der Waals surface area contributed by atoms with Crippen molar-refractivity contribution in [2.24, 2.45) is 0 Å². The van der Waals surface area contributed by atoms with Crippen LogP contribution < -0.4 is 4.72 Å². The Hall–Kier alpha value is -1.14. The second kappa shape index (κ2) is 3.93. The van der Waals surface area contributed by atoms with Crippen molar-refractivity contribution in [3.05, 3.63) is 23.5 Å². The van der Waals surface area contributed by atoms with Crippen LogP contribution in [0.15, 0.2) is 23.2 Å². The maximum absolute atomic E-state index is 11.3. The Labute approximate surface area is 86.2 Å². The van der Waals surface area contributed by atoms with Gasteiger partial charge in [0.15, 0.2) is 0 Å². The molecule has 1 amide bonds. The molecule has 7 heteroatoms. The fraction of sp³-hybridized carbons (Fsp3) is 0.143. The van der Waals surface area contributed by atoms with Crippen LogP contribution >= 0.6 is 11.6 Å². The molecule has 0 aliphatic carbocycles. The van der Waals surface area contributed by atoms with E-state index in [1.807, 2.05) is 0 Å². The van der Waals surface area contributed by atoms with Crippen LogP contribution in [0.25, 0.3) is 0 Å². The van der Waals surface area contributed by atoms with Gasteiger partial charge in [0.2, 0.25) is 5.91 Å². The normalized spacial score (nSPS) is 11.0. The van der Waals surface area contributed by atoms with E-state index in [9.17, 15) is 13.2 Å². The van der Waals surface area contributed by atoms with Crippen molar-refractivity contribution in [2.75, 3.05) is 0 Å². The van der Waals surface area contributed by atoms with Crippen molar-refractivity contribution in [1.82, 2.24) is 9.71 Å². The van der Waals surface area contributed by atoms with Crippen molar-refractivity contribution >= 4 is 27.5 Å². The Bertz CT molecular complexity index is 441. The first kappa shape index (κ1) is 10.9. The molecule has 1 N–H and O–H groups in total. The Morgan fingerprint density at radius 2 is 2.14 bits per heavy atom. The van der Waals surface area contributed by atoms with E-state index in [-0.39, 0.29) is 10.0 Å². The molecular weight excluding hydrogens is 228 g/mol. The van der Waals surface area contributed by atoms with Gasteiger partial charge in [-0.25, -0.2) is 18.1 Å². The molecule has 0 unspecified atom stereocenters. The fourth-order valence-electron chi connectivity index (χ4n) is 0.769. The molecule has 0 fully saturated rings. The van der Waals surface area contributed by atoms with E-state index in [4.69, 9.17) is 11.6 Å². The molecule has 1 aromatic rings. The lowest BCUT2D eigenvalue weighted by Crippen LogP contribution is -2.28. The summed E-state index contributed by atoms with van der Waals surface area (Å²) >= 11 is 5.47. The van der Waals surface area contributed by atoms with Gasteiger partial charge in [-0.05, 0) is 12.1 Å². The van der Waals surface area contributed by atoms with Gasteiger partial charge in [0.25, 0.3) is 10.0 Å². The predicted octanol–water partition coefficient (Wildman–Crippen LogP) is 0.560. The van der Waals surface area contributed by atoms with Crippen molar-refractivity contribution in [3.63, 3.8) is 0 Å². The molecule has 0 spiro atoms. The van der Waals surface area contributed by atoms with Crippen molar-refractivity contribution < 1.29 is 13.2 Å². The van der Waals surface area contributed by atoms with E-state index >= 15 is 0 Å². The van der Waals surface area contributed by atoms with E-state index < -0.39 is 15.9 Å². The molecule has 0 radical (unpaired) electrons. The minimum absolute atomic E-state index is 0.0999. The fourth-order valence-corrected chi connectivity index (χ4v) is 1.82. The van der Waals surface area contributed by atoms with Crippen molar-refractivity contribution in [1.29, 1.82) is 0 Å². The summed E-state index contributed by atoms with van der Waals surface area (Å²) in [7, 11) is -3.80. The number of nitrogens with one attached hydrogen (secondary N) is 1. The zero-order valence-electron chi connectivity index (χ0n) is 7.19. The molecule has 14 heavy (non-hydrogen) atoms. The number of hydrogen-bond acceptors (Lipinski definition) is 4. The number of carbonyl (C=O) groups excluding carboxylic acids is 1. The van der Waals surface area contributed by atoms with Crippen LogP contribution in [0.4, 0.5) is 0 Å². The van der Waals surface area contributed by atoms with Crippen LogP contribution in [0.5, 0.6) is 0 Å². The lowest BCUT2D eigenvalue weighted by Gasteiger charge is -2.03. The Kier molecular flexibility index (Phi) is 3.07. The molecule has 1 aromatic heterocycles. The first-order valence-corrected chi connectivity index (χ1v) is 5.43. The molecule has 0 aliphatic heterocycles. The van der Waals surface area contributed by atoms with Gasteiger partial charge in [0, 0.05) is 13.1 Å². The third-order valence-corrected chi connectivity index (χ3v) is 2.93. The summed E-state index contributed by atoms with van der Waals surface area (Å²) in [6.07, 6.45) is 1.08. The molecule has 0 saturated carbocycles. The van der Waals surface area contributed by atoms with Gasteiger partial charge in [-0.1, -0.05) is 11.6 Å². The summed E-state index contributed by atoms with van der Waals surface area (Å²) < 4.78 is 24.5. The highest BCUT2D eigenvalue weighted by Gasteiger charge is 2.15. The van der Waals surface area contributed by atoms with Gasteiger partial charge in [-0.2, -0.15) is 0 Å². The zero-order valence-corrected chi connectivity index (χ0v) is 8.76. The summed E-state index contributed by atoms with van der Waals surface area (Å²) in [5.41, 5.74) is 0. The van der Waals surface area contributed by atoms with Crippen molar-refractivity contribution in [3.8, 4) is 0 Å². The molecule has 5 nitrogen and oxygen atoms in total. The lowest BCUT2D eigenvalue weighted by atomic mass is 10.5. The van der Waals surface area contributed by atoms with Crippen LogP contribution in [0.3, 0.4) is 0 Å². The van der Waals surface area contributed by atoms with Gasteiger partial charge < -0.3 is 0 Å². The number of nitrogens with zero attached hydrogens (tertiary/aromatic N) is 1. The van der Waals surface area contributed by atoms with Gasteiger partial charge in [0.1, 0.15) is 10.0 Å². The Balaban J connectivity index is 3.05. The molecule has 0 aromatic carbocycles. The summed E-state index contributed by atoms with van der Waals surface area (Å²) in [5, 5.41) is 0.187. The van der Waals surface area contributed by atoms with Crippen LogP contribution in [-0.2, 0) is 14.8 Å². The number of pyridine rings is 1. The lowest BCUT2D eigenvalue weighted by molar-refractivity contribution is -0.117. The third kappa shape index (κ3) is 2.68. The summed E-state index contributed by atoms with van der Waals surface area (Å²) in [6.45, 7) is 1.11. The van der Waals surface area contributed by atoms with E-state index in [1.165, 1.54) is 12.1 Å². The maximum atomic E-state index is 11.3. The highest BCUT2D eigenvalue weighted by atomic mass is 35.5. The van der Waals surface area contributed by atoms with E-state index in [2.05, 4.69) is 4.98 Å². The van der Waals surface area contributed by atoms with E-state index in [1.54, 1.807) is 4.72 Å². The molecular formula is C7H7ClN2O3S. The maximum Gasteiger partial charge on any atom is 0.265 e. The third-order valence-electron chi connectivity index (χ3n) is 1.29. The van der Waals surface area contributed by atoms with Crippen molar-refractivity contribution in [2.45, 2.75) is 11.8 Å². The number of rotatable bonds is 2. The molecule has 1 rings (SSSR count). The average Bonchev–Trinajstić information content (AvgIpc) is 2.02. The second-order valence-corrected chi connectivity index (χ2v) is 4.55. The SMILES string of the molecule is CC(=O)NS(=O)(=O)c1ccc(Cl)nc1. The number of amides is 1. The summed E-state index contributed by atoms with van der Waals surface area (Å²) in [4.78, 5) is 14.1. The molecule has 0 atom stereocenters. The van der Waals surface area contributed by atoms with E-state index in [0.29, 0.717) is 0 Å². The Morgan fingerprint density at radius 3 is 2.57 bits per heavy atom. The molecule has 0 saturated heterocycles. The highest BCUT2D eigenvalue weighted by Crippen LogP contribution is 2.10. The van der Waals surface area contributed by atoms with Crippen LogP contribution in [-0.4, -0.2) is 19.3 Å². The van der Waals surface area contributed by atoms with Crippen LogP contribution in [0, 0.1) is 0 Å². The summed E-state index contributed by atoms with van der Waals surface area (Å²) in [6, 6.07) is 2.59. The highest BCUT2D eigenvalue weighted by molar-refractivity contribution is 7.90. The van der Waals surface area contributed by atoms with Crippen LogP contribution in [0.2, 0.25) is 5.15 Å². The summed E-state index contributed by atoms with van der Waals surface area (Å²) in [5.74, 6) is -0.653. The number of hydrogen-bond donors (Lipinski definition) is 1. The molecule has 0 aliphatic rings. The Morgan fingerprint density at radius 1 is 1.50 bits per heavy atom. The van der Waals surface area contributed by atoms with E-state index in [0.717, 1.165) is 13.1 Å². The number of aromatic nitrogens is 1. The monoisotopic (exact) mass is 234 g/mol. The molecule has 0 bridgehead atoms. The van der Waals surface area contributed by atoms with Gasteiger partial charge in [0.05, 0.1) is 0 Å². The quantitative estimate of drug-likeness (QED) is 0.759. The first-order valence-electron chi connectivity index (χ1n) is 3.57. The minimum atomic E-state index is -3.80. The van der Waals surface area contributed by atoms with Gasteiger partial charge in [-0.3, -0.25) is 4.79 Å². The number of sulfonamides is 1. The van der Waals surface area contributed by atoms with Crippen LogP contribution in [0.1, 0.15) is 6.92 Å². The molecule has 1 heterocycles. The van der Waals surface area contributed by atoms with Gasteiger partial charge in [-0.15, -0.1) is 0 Å². The topological polar surface area (TPSA) is 76.1 Å². The van der Waals surface area contributed by atoms with Gasteiger partial charge >= 0.3 is 0 Å². The average molecular weight is 235 g/mol. The first-order chi connectivity index (χ1) is 6.42. The smallest absolute Gasteiger partial charge is 0.265 e. The number of carbonyl (C=O) groups is 1. The largest absolute Gasteiger partial charge is 0.274 e. The molecule has 76 valence electrons. The second-order valence-electron chi connectivity index (χ2n) is 2.48. The standard InChI is InChI=1S/C7H7ClN2O3S/c1-5(11)10-14(12,13)6-2-3-7(8)9-4-6/h2-4H,1H3,(H,10,11). The number of halogens is 1.